The third kappa shape index (κ3) is 5.41. The number of anilines is 1. The van der Waals surface area contributed by atoms with Crippen LogP contribution in [0.15, 0.2) is 48.5 Å². The summed E-state index contributed by atoms with van der Waals surface area (Å²) in [4.78, 5) is 23.7. The Morgan fingerprint density at radius 2 is 1.70 bits per heavy atom. The fourth-order valence-electron chi connectivity index (χ4n) is 1.83. The molecule has 23 heavy (non-hydrogen) atoms. The molecule has 0 atom stereocenters. The lowest BCUT2D eigenvalue weighted by molar-refractivity contribution is -0.113. The second-order valence-corrected chi connectivity index (χ2v) is 5.69. The third-order valence-corrected chi connectivity index (χ3v) is 3.94. The number of hydrogen-bond acceptors (Lipinski definition) is 4. The zero-order valence-corrected chi connectivity index (χ0v) is 13.4. The average molecular weight is 333 g/mol. The van der Waals surface area contributed by atoms with Gasteiger partial charge in [0.2, 0.25) is 5.91 Å². The minimum Gasteiger partial charge on any atom is -0.497 e. The maximum atomic E-state index is 12.8. The van der Waals surface area contributed by atoms with Gasteiger partial charge in [-0.25, -0.2) is 4.39 Å². The van der Waals surface area contributed by atoms with Crippen LogP contribution in [0.3, 0.4) is 0 Å². The highest BCUT2D eigenvalue weighted by atomic mass is 32.2. The van der Waals surface area contributed by atoms with Crippen LogP contribution in [-0.2, 0) is 4.79 Å². The quantitative estimate of drug-likeness (QED) is 0.789. The number of amides is 1. The molecule has 0 bridgehead atoms. The van der Waals surface area contributed by atoms with E-state index in [0.717, 1.165) is 0 Å². The van der Waals surface area contributed by atoms with Crippen molar-refractivity contribution >= 4 is 29.1 Å². The number of benzene rings is 2. The highest BCUT2D eigenvalue weighted by Crippen LogP contribution is 2.14. The van der Waals surface area contributed by atoms with Crippen molar-refractivity contribution < 1.29 is 18.7 Å². The van der Waals surface area contributed by atoms with E-state index >= 15 is 0 Å². The zero-order valence-electron chi connectivity index (χ0n) is 12.5. The molecule has 2 aromatic carbocycles. The van der Waals surface area contributed by atoms with E-state index < -0.39 is 0 Å². The van der Waals surface area contributed by atoms with Crippen molar-refractivity contribution in [1.29, 1.82) is 0 Å². The minimum atomic E-state index is -0.359. The van der Waals surface area contributed by atoms with Crippen molar-refractivity contribution in [1.82, 2.24) is 0 Å². The lowest BCUT2D eigenvalue weighted by atomic mass is 10.1. The molecule has 0 aromatic heterocycles. The van der Waals surface area contributed by atoms with Gasteiger partial charge < -0.3 is 10.1 Å². The molecule has 0 aliphatic carbocycles. The topological polar surface area (TPSA) is 55.4 Å². The van der Waals surface area contributed by atoms with Crippen molar-refractivity contribution in [3.63, 3.8) is 0 Å². The number of ether oxygens (including phenoxy) is 1. The number of thioether (sulfide) groups is 1. The molecule has 6 heteroatoms. The molecule has 0 saturated heterocycles. The Balaban J connectivity index is 1.76. The summed E-state index contributed by atoms with van der Waals surface area (Å²) in [6.07, 6.45) is 0. The van der Waals surface area contributed by atoms with Gasteiger partial charge in [-0.05, 0) is 48.5 Å². The first-order valence-electron chi connectivity index (χ1n) is 6.89. The van der Waals surface area contributed by atoms with Gasteiger partial charge in [-0.2, -0.15) is 0 Å². The molecule has 0 heterocycles. The van der Waals surface area contributed by atoms with E-state index in [-0.39, 0.29) is 29.0 Å². The second kappa shape index (κ2) is 8.33. The largest absolute Gasteiger partial charge is 0.497 e. The SMILES string of the molecule is COc1ccc(C(=O)CSCC(=O)Nc2ccc(F)cc2)cc1. The normalized spacial score (nSPS) is 10.2. The molecule has 120 valence electrons. The Kier molecular flexibility index (Phi) is 6.17. The lowest BCUT2D eigenvalue weighted by Crippen LogP contribution is -2.15. The van der Waals surface area contributed by atoms with E-state index in [0.29, 0.717) is 17.0 Å². The number of halogens is 1. The van der Waals surface area contributed by atoms with Crippen molar-refractivity contribution in [2.24, 2.45) is 0 Å². The molecule has 0 unspecified atom stereocenters. The predicted octanol–water partition coefficient (Wildman–Crippen LogP) is 3.39. The van der Waals surface area contributed by atoms with E-state index in [1.165, 1.54) is 36.0 Å². The van der Waals surface area contributed by atoms with Crippen molar-refractivity contribution in [3.8, 4) is 5.75 Å². The van der Waals surface area contributed by atoms with Gasteiger partial charge in [-0.1, -0.05) is 0 Å². The predicted molar refractivity (Wildman–Crippen MR) is 89.7 cm³/mol. The van der Waals surface area contributed by atoms with Crippen LogP contribution in [-0.4, -0.2) is 30.3 Å². The van der Waals surface area contributed by atoms with Crippen LogP contribution in [0.25, 0.3) is 0 Å². The highest BCUT2D eigenvalue weighted by Gasteiger charge is 2.08. The van der Waals surface area contributed by atoms with Crippen LogP contribution in [0.2, 0.25) is 0 Å². The Labute approximate surface area is 138 Å². The standard InChI is InChI=1S/C17H16FNO3S/c1-22-15-8-2-12(3-9-15)16(20)10-23-11-17(21)19-14-6-4-13(18)5-7-14/h2-9H,10-11H2,1H3,(H,19,21). The Bertz CT molecular complexity index is 671. The zero-order chi connectivity index (χ0) is 16.7. The smallest absolute Gasteiger partial charge is 0.234 e. The van der Waals surface area contributed by atoms with Crippen molar-refractivity contribution in [2.75, 3.05) is 23.9 Å². The molecule has 2 aromatic rings. The maximum absolute atomic E-state index is 12.8. The van der Waals surface area contributed by atoms with E-state index in [2.05, 4.69) is 5.32 Å². The van der Waals surface area contributed by atoms with Gasteiger partial charge in [0.05, 0.1) is 18.6 Å². The Hall–Kier alpha value is -2.34. The third-order valence-electron chi connectivity index (χ3n) is 3.01. The average Bonchev–Trinajstić information content (AvgIpc) is 2.57. The molecule has 4 nitrogen and oxygen atoms in total. The number of rotatable bonds is 7. The van der Waals surface area contributed by atoms with Gasteiger partial charge >= 0.3 is 0 Å². The molecule has 1 N–H and O–H groups in total. The number of Topliss-reactive ketones (excluding diaryl/α,β-unsaturated/α-hetero) is 1. The number of nitrogens with one attached hydrogen (secondary N) is 1. The van der Waals surface area contributed by atoms with Gasteiger partial charge in [0, 0.05) is 11.3 Å². The van der Waals surface area contributed by atoms with Crippen LogP contribution in [0.5, 0.6) is 5.75 Å². The number of ketones is 1. The van der Waals surface area contributed by atoms with Crippen LogP contribution >= 0.6 is 11.8 Å². The number of carbonyl (C=O) groups excluding carboxylic acids is 2. The molecular weight excluding hydrogens is 317 g/mol. The first kappa shape index (κ1) is 17.0. The van der Waals surface area contributed by atoms with E-state index in [9.17, 15) is 14.0 Å². The molecule has 0 fully saturated rings. The Morgan fingerprint density at radius 1 is 1.04 bits per heavy atom. The minimum absolute atomic E-state index is 0.0489. The summed E-state index contributed by atoms with van der Waals surface area (Å²) in [6, 6.07) is 12.4. The number of hydrogen-bond donors (Lipinski definition) is 1. The summed E-state index contributed by atoms with van der Waals surface area (Å²) in [5.41, 5.74) is 1.11. The number of methoxy groups -OCH3 is 1. The Morgan fingerprint density at radius 3 is 2.30 bits per heavy atom. The number of carbonyl (C=O) groups is 2. The van der Waals surface area contributed by atoms with Crippen molar-refractivity contribution in [2.45, 2.75) is 0 Å². The summed E-state index contributed by atoms with van der Waals surface area (Å²) in [6.45, 7) is 0. The summed E-state index contributed by atoms with van der Waals surface area (Å²) < 4.78 is 17.8. The van der Waals surface area contributed by atoms with E-state index in [4.69, 9.17) is 4.74 Å². The lowest BCUT2D eigenvalue weighted by Gasteiger charge is -2.05. The van der Waals surface area contributed by atoms with Crippen LogP contribution < -0.4 is 10.1 Å². The second-order valence-electron chi connectivity index (χ2n) is 4.70. The summed E-state index contributed by atoms with van der Waals surface area (Å²) in [5.74, 6) is 0.411. The van der Waals surface area contributed by atoms with Crippen LogP contribution in [0, 0.1) is 5.82 Å². The van der Waals surface area contributed by atoms with Crippen LogP contribution in [0.1, 0.15) is 10.4 Å². The van der Waals surface area contributed by atoms with Gasteiger partial charge in [0.1, 0.15) is 11.6 Å². The summed E-state index contributed by atoms with van der Waals surface area (Å²) >= 11 is 1.23. The summed E-state index contributed by atoms with van der Waals surface area (Å²) in [7, 11) is 1.56. The highest BCUT2D eigenvalue weighted by molar-refractivity contribution is 8.00. The molecular formula is C17H16FNO3S. The van der Waals surface area contributed by atoms with Gasteiger partial charge in [0.25, 0.3) is 0 Å². The molecule has 2 rings (SSSR count). The fraction of sp³-hybridized carbons (Fsp3) is 0.176. The monoisotopic (exact) mass is 333 g/mol. The summed E-state index contributed by atoms with van der Waals surface area (Å²) in [5, 5.41) is 2.64. The van der Waals surface area contributed by atoms with E-state index in [1.807, 2.05) is 0 Å². The van der Waals surface area contributed by atoms with Gasteiger partial charge in [0.15, 0.2) is 5.78 Å². The van der Waals surface area contributed by atoms with Gasteiger partial charge in [-0.3, -0.25) is 9.59 Å². The molecule has 0 aliphatic heterocycles. The van der Waals surface area contributed by atoms with E-state index in [1.54, 1.807) is 31.4 Å². The fourth-order valence-corrected chi connectivity index (χ4v) is 2.54. The first-order valence-corrected chi connectivity index (χ1v) is 8.04. The molecule has 0 saturated carbocycles. The molecule has 1 amide bonds. The molecule has 0 radical (unpaired) electrons. The molecule has 0 spiro atoms. The molecule has 0 aliphatic rings. The van der Waals surface area contributed by atoms with Crippen molar-refractivity contribution in [3.05, 3.63) is 59.9 Å². The first-order chi connectivity index (χ1) is 11.1. The maximum Gasteiger partial charge on any atom is 0.234 e. The van der Waals surface area contributed by atoms with Gasteiger partial charge in [-0.15, -0.1) is 11.8 Å². The van der Waals surface area contributed by atoms with Crippen LogP contribution in [0.4, 0.5) is 10.1 Å².